The van der Waals surface area contributed by atoms with Crippen LogP contribution in [0.15, 0.2) is 41.2 Å². The van der Waals surface area contributed by atoms with Gasteiger partial charge in [0.2, 0.25) is 0 Å². The molecule has 0 bridgehead atoms. The first kappa shape index (κ1) is 16.5. The molecule has 3 heteroatoms. The van der Waals surface area contributed by atoms with Gasteiger partial charge in [-0.1, -0.05) is 43.2 Å². The van der Waals surface area contributed by atoms with Crippen molar-refractivity contribution in [3.63, 3.8) is 0 Å². The molecule has 0 atom stereocenters. The Labute approximate surface area is 132 Å². The Bertz CT molecular complexity index is 691. The number of hydrogen-bond donors (Lipinski definition) is 1. The Kier molecular flexibility index (Phi) is 4.87. The summed E-state index contributed by atoms with van der Waals surface area (Å²) in [7, 11) is 0. The van der Waals surface area contributed by atoms with Gasteiger partial charge in [0.15, 0.2) is 0 Å². The number of hydrogen-bond acceptors (Lipinski definition) is 2. The molecule has 0 saturated carbocycles. The predicted octanol–water partition coefficient (Wildman–Crippen LogP) is 3.82. The molecular formula is C19H26N2O. The molecule has 0 aliphatic heterocycles. The lowest BCUT2D eigenvalue weighted by Crippen LogP contribution is -2.38. The highest BCUT2D eigenvalue weighted by Crippen LogP contribution is 2.22. The molecule has 0 fully saturated rings. The lowest BCUT2D eigenvalue weighted by atomic mass is 9.96. The maximum atomic E-state index is 12.9. The van der Waals surface area contributed by atoms with Gasteiger partial charge in [0.1, 0.15) is 0 Å². The van der Waals surface area contributed by atoms with Crippen LogP contribution in [0.2, 0.25) is 0 Å². The monoisotopic (exact) mass is 298 g/mol. The van der Waals surface area contributed by atoms with Crippen molar-refractivity contribution in [1.29, 1.82) is 0 Å². The summed E-state index contributed by atoms with van der Waals surface area (Å²) in [6, 6.07) is 12.2. The van der Waals surface area contributed by atoms with Crippen LogP contribution in [0.25, 0.3) is 11.3 Å². The summed E-state index contributed by atoms with van der Waals surface area (Å²) in [6.45, 7) is 8.67. The molecule has 22 heavy (non-hydrogen) atoms. The standard InChI is InChI=1S/C19H26N2O/c1-5-6-13-21-17(15-9-7-14(2)8-10-15)12-11-16(18(21)22)19(3,4)20/h7-12H,5-6,13,20H2,1-4H3. The Morgan fingerprint density at radius 1 is 1.09 bits per heavy atom. The highest BCUT2D eigenvalue weighted by Gasteiger charge is 2.20. The molecule has 0 spiro atoms. The summed E-state index contributed by atoms with van der Waals surface area (Å²) >= 11 is 0. The second-order valence-electron chi connectivity index (χ2n) is 6.53. The molecule has 118 valence electrons. The largest absolute Gasteiger partial charge is 0.322 e. The minimum Gasteiger partial charge on any atom is -0.322 e. The third kappa shape index (κ3) is 3.47. The van der Waals surface area contributed by atoms with E-state index in [0.717, 1.165) is 30.6 Å². The van der Waals surface area contributed by atoms with E-state index in [4.69, 9.17) is 5.73 Å². The van der Waals surface area contributed by atoms with E-state index < -0.39 is 5.54 Å². The van der Waals surface area contributed by atoms with Crippen molar-refractivity contribution in [2.75, 3.05) is 0 Å². The van der Waals surface area contributed by atoms with E-state index in [1.54, 1.807) is 0 Å². The van der Waals surface area contributed by atoms with Gasteiger partial charge in [0, 0.05) is 17.6 Å². The zero-order valence-corrected chi connectivity index (χ0v) is 14.0. The van der Waals surface area contributed by atoms with E-state index in [0.29, 0.717) is 5.56 Å². The quantitative estimate of drug-likeness (QED) is 0.912. The molecular weight excluding hydrogens is 272 g/mol. The summed E-state index contributed by atoms with van der Waals surface area (Å²) in [4.78, 5) is 12.9. The summed E-state index contributed by atoms with van der Waals surface area (Å²) in [5.74, 6) is 0. The third-order valence-electron chi connectivity index (χ3n) is 3.95. The SMILES string of the molecule is CCCCn1c(-c2ccc(C)cc2)ccc(C(C)(C)N)c1=O. The Morgan fingerprint density at radius 2 is 1.73 bits per heavy atom. The minimum atomic E-state index is -0.628. The van der Waals surface area contributed by atoms with Gasteiger partial charge >= 0.3 is 0 Å². The van der Waals surface area contributed by atoms with Gasteiger partial charge in [-0.3, -0.25) is 4.79 Å². The van der Waals surface area contributed by atoms with Crippen LogP contribution in [0.3, 0.4) is 0 Å². The van der Waals surface area contributed by atoms with Crippen molar-refractivity contribution in [2.45, 2.75) is 52.6 Å². The van der Waals surface area contributed by atoms with Crippen LogP contribution in [0, 0.1) is 6.92 Å². The zero-order valence-electron chi connectivity index (χ0n) is 14.0. The number of nitrogens with two attached hydrogens (primary N) is 1. The van der Waals surface area contributed by atoms with Crippen molar-refractivity contribution in [3.05, 3.63) is 57.9 Å². The van der Waals surface area contributed by atoms with Gasteiger partial charge in [0.05, 0.1) is 5.69 Å². The molecule has 2 N–H and O–H groups in total. The van der Waals surface area contributed by atoms with Gasteiger partial charge in [-0.15, -0.1) is 0 Å². The van der Waals surface area contributed by atoms with Crippen LogP contribution in [-0.2, 0) is 12.1 Å². The van der Waals surface area contributed by atoms with E-state index in [1.807, 2.05) is 30.5 Å². The lowest BCUT2D eigenvalue weighted by molar-refractivity contribution is 0.528. The Balaban J connectivity index is 2.61. The maximum absolute atomic E-state index is 12.9. The fourth-order valence-electron chi connectivity index (χ4n) is 2.58. The van der Waals surface area contributed by atoms with Crippen LogP contribution in [-0.4, -0.2) is 4.57 Å². The molecule has 0 radical (unpaired) electrons. The van der Waals surface area contributed by atoms with Crippen molar-refractivity contribution in [3.8, 4) is 11.3 Å². The number of nitrogens with zero attached hydrogens (tertiary/aromatic N) is 1. The van der Waals surface area contributed by atoms with Gasteiger partial charge in [-0.2, -0.15) is 0 Å². The Morgan fingerprint density at radius 3 is 2.27 bits per heavy atom. The van der Waals surface area contributed by atoms with E-state index in [2.05, 4.69) is 38.1 Å². The average Bonchev–Trinajstić information content (AvgIpc) is 2.45. The number of aromatic nitrogens is 1. The molecule has 1 aromatic heterocycles. The number of unbranched alkanes of at least 4 members (excludes halogenated alkanes) is 1. The van der Waals surface area contributed by atoms with Gasteiger partial charge in [-0.05, 0) is 44.9 Å². The molecule has 1 aromatic carbocycles. The first-order valence-corrected chi connectivity index (χ1v) is 7.95. The molecule has 0 aliphatic rings. The molecule has 2 aromatic rings. The van der Waals surface area contributed by atoms with E-state index in [-0.39, 0.29) is 5.56 Å². The fraction of sp³-hybridized carbons (Fsp3) is 0.421. The van der Waals surface area contributed by atoms with Crippen LogP contribution in [0.1, 0.15) is 44.7 Å². The summed E-state index contributed by atoms with van der Waals surface area (Å²) < 4.78 is 1.87. The summed E-state index contributed by atoms with van der Waals surface area (Å²) in [5, 5.41) is 0. The minimum absolute atomic E-state index is 0.0269. The fourth-order valence-corrected chi connectivity index (χ4v) is 2.58. The van der Waals surface area contributed by atoms with Gasteiger partial charge in [-0.25, -0.2) is 0 Å². The predicted molar refractivity (Wildman–Crippen MR) is 93.0 cm³/mol. The highest BCUT2D eigenvalue weighted by atomic mass is 16.1. The van der Waals surface area contributed by atoms with Crippen molar-refractivity contribution < 1.29 is 0 Å². The molecule has 3 nitrogen and oxygen atoms in total. The van der Waals surface area contributed by atoms with Crippen LogP contribution in [0.4, 0.5) is 0 Å². The molecule has 0 saturated heterocycles. The zero-order chi connectivity index (χ0) is 16.3. The highest BCUT2D eigenvalue weighted by molar-refractivity contribution is 5.60. The van der Waals surface area contributed by atoms with E-state index in [9.17, 15) is 4.79 Å². The normalized spacial score (nSPS) is 11.7. The van der Waals surface area contributed by atoms with Crippen molar-refractivity contribution in [2.24, 2.45) is 5.73 Å². The number of aryl methyl sites for hydroxylation is 1. The molecule has 0 aliphatic carbocycles. The Hall–Kier alpha value is -1.87. The lowest BCUT2D eigenvalue weighted by Gasteiger charge is -2.22. The smallest absolute Gasteiger partial charge is 0.256 e. The van der Waals surface area contributed by atoms with Crippen molar-refractivity contribution >= 4 is 0 Å². The van der Waals surface area contributed by atoms with E-state index in [1.165, 1.54) is 5.56 Å². The number of pyridine rings is 1. The van der Waals surface area contributed by atoms with Crippen LogP contribution < -0.4 is 11.3 Å². The second-order valence-corrected chi connectivity index (χ2v) is 6.53. The summed E-state index contributed by atoms with van der Waals surface area (Å²) in [5.41, 5.74) is 9.46. The summed E-state index contributed by atoms with van der Waals surface area (Å²) in [6.07, 6.45) is 2.03. The molecule has 0 unspecified atom stereocenters. The van der Waals surface area contributed by atoms with Gasteiger partial charge in [0.25, 0.3) is 5.56 Å². The second kappa shape index (κ2) is 6.49. The van der Waals surface area contributed by atoms with Crippen molar-refractivity contribution in [1.82, 2.24) is 4.57 Å². The first-order valence-electron chi connectivity index (χ1n) is 7.95. The average molecular weight is 298 g/mol. The molecule has 0 amide bonds. The molecule has 2 rings (SSSR count). The van der Waals surface area contributed by atoms with Crippen LogP contribution >= 0.6 is 0 Å². The number of rotatable bonds is 5. The topological polar surface area (TPSA) is 48.0 Å². The number of benzene rings is 1. The molecule has 1 heterocycles. The first-order chi connectivity index (χ1) is 10.3. The third-order valence-corrected chi connectivity index (χ3v) is 3.95. The van der Waals surface area contributed by atoms with Crippen LogP contribution in [0.5, 0.6) is 0 Å². The van der Waals surface area contributed by atoms with Gasteiger partial charge < -0.3 is 10.3 Å². The van der Waals surface area contributed by atoms with E-state index >= 15 is 0 Å². The maximum Gasteiger partial charge on any atom is 0.256 e.